The van der Waals surface area contributed by atoms with E-state index in [0.717, 1.165) is 26.7 Å². The lowest BCUT2D eigenvalue weighted by Gasteiger charge is -2.35. The SMILES string of the molecule is CC(C)(N)C(=O)N[C@H](Cc1csc2ccccc12)C(=O)N1CCC(n2c(=O)[nH]c3ccccc32)CC1. The van der Waals surface area contributed by atoms with Crippen molar-refractivity contribution >= 4 is 44.3 Å². The number of hydrogen-bond donors (Lipinski definition) is 3. The van der Waals surface area contributed by atoms with Crippen LogP contribution in [-0.4, -0.2) is 50.9 Å². The van der Waals surface area contributed by atoms with E-state index in [1.54, 1.807) is 30.1 Å². The Morgan fingerprint density at radius 2 is 1.83 bits per heavy atom. The predicted octanol–water partition coefficient (Wildman–Crippen LogP) is 3.17. The summed E-state index contributed by atoms with van der Waals surface area (Å²) in [5.41, 5.74) is 7.54. The molecule has 1 fully saturated rings. The molecule has 5 rings (SSSR count). The van der Waals surface area contributed by atoms with Gasteiger partial charge in [0, 0.05) is 30.3 Å². The zero-order valence-electron chi connectivity index (χ0n) is 20.5. The van der Waals surface area contributed by atoms with Gasteiger partial charge < -0.3 is 20.9 Å². The Bertz CT molecular complexity index is 1470. The fourth-order valence-corrected chi connectivity index (χ4v) is 5.93. The van der Waals surface area contributed by atoms with Crippen LogP contribution in [0.25, 0.3) is 21.1 Å². The topological polar surface area (TPSA) is 113 Å². The molecule has 9 heteroatoms. The first-order valence-electron chi connectivity index (χ1n) is 12.3. The molecule has 188 valence electrons. The highest BCUT2D eigenvalue weighted by molar-refractivity contribution is 7.17. The number of benzene rings is 2. The zero-order valence-corrected chi connectivity index (χ0v) is 21.3. The number of nitrogens with zero attached hydrogens (tertiary/aromatic N) is 2. The Morgan fingerprint density at radius 3 is 2.58 bits per heavy atom. The molecule has 2 aromatic carbocycles. The van der Waals surface area contributed by atoms with Gasteiger partial charge in [0.1, 0.15) is 6.04 Å². The molecule has 8 nitrogen and oxygen atoms in total. The summed E-state index contributed by atoms with van der Waals surface area (Å²) in [5.74, 6) is -0.478. The van der Waals surface area contributed by atoms with E-state index in [9.17, 15) is 14.4 Å². The summed E-state index contributed by atoms with van der Waals surface area (Å²) in [6.07, 6.45) is 1.72. The van der Waals surface area contributed by atoms with Crippen LogP contribution in [-0.2, 0) is 16.0 Å². The van der Waals surface area contributed by atoms with Gasteiger partial charge in [0.15, 0.2) is 0 Å². The highest BCUT2D eigenvalue weighted by Crippen LogP contribution is 2.28. The maximum absolute atomic E-state index is 13.7. The molecule has 0 unspecified atom stereocenters. The highest BCUT2D eigenvalue weighted by atomic mass is 32.1. The van der Waals surface area contributed by atoms with Crippen LogP contribution < -0.4 is 16.7 Å². The van der Waals surface area contributed by atoms with Crippen molar-refractivity contribution in [2.45, 2.75) is 50.7 Å². The number of carbonyl (C=O) groups is 2. The Labute approximate surface area is 213 Å². The molecule has 2 aromatic heterocycles. The van der Waals surface area contributed by atoms with Crippen LogP contribution >= 0.6 is 11.3 Å². The zero-order chi connectivity index (χ0) is 25.4. The van der Waals surface area contributed by atoms with Crippen molar-refractivity contribution in [2.24, 2.45) is 5.73 Å². The molecule has 3 heterocycles. The van der Waals surface area contributed by atoms with Crippen LogP contribution in [0.2, 0.25) is 0 Å². The third-order valence-electron chi connectivity index (χ3n) is 6.94. The molecule has 2 amide bonds. The predicted molar refractivity (Wildman–Crippen MR) is 143 cm³/mol. The summed E-state index contributed by atoms with van der Waals surface area (Å²) in [6.45, 7) is 4.29. The molecular weight excluding hydrogens is 474 g/mol. The van der Waals surface area contributed by atoms with Crippen molar-refractivity contribution in [1.82, 2.24) is 19.8 Å². The number of fused-ring (bicyclic) bond motifs is 2. The number of para-hydroxylation sites is 2. The van der Waals surface area contributed by atoms with E-state index in [2.05, 4.69) is 21.7 Å². The number of rotatable bonds is 6. The molecule has 0 aliphatic carbocycles. The Balaban J connectivity index is 1.34. The summed E-state index contributed by atoms with van der Waals surface area (Å²) in [6, 6.07) is 15.0. The Kier molecular flexibility index (Phi) is 6.44. The molecule has 36 heavy (non-hydrogen) atoms. The number of hydrogen-bond acceptors (Lipinski definition) is 5. The summed E-state index contributed by atoms with van der Waals surface area (Å²) in [5, 5.41) is 6.07. The van der Waals surface area contributed by atoms with Gasteiger partial charge in [-0.3, -0.25) is 14.2 Å². The second-order valence-electron chi connectivity index (χ2n) is 10.1. The largest absolute Gasteiger partial charge is 0.342 e. The van der Waals surface area contributed by atoms with Gasteiger partial charge in [-0.15, -0.1) is 11.3 Å². The van der Waals surface area contributed by atoms with E-state index in [0.29, 0.717) is 32.4 Å². The second-order valence-corrected chi connectivity index (χ2v) is 11.0. The van der Waals surface area contributed by atoms with Crippen LogP contribution in [0.5, 0.6) is 0 Å². The fourth-order valence-electron chi connectivity index (χ4n) is 4.96. The van der Waals surface area contributed by atoms with Crippen molar-refractivity contribution in [3.63, 3.8) is 0 Å². The number of imidazole rings is 1. The molecule has 1 aliphatic rings. The van der Waals surface area contributed by atoms with Crippen LogP contribution in [0, 0.1) is 0 Å². The molecule has 0 spiro atoms. The van der Waals surface area contributed by atoms with E-state index in [1.165, 1.54) is 0 Å². The first kappa shape index (κ1) is 24.3. The summed E-state index contributed by atoms with van der Waals surface area (Å²) in [7, 11) is 0. The minimum Gasteiger partial charge on any atom is -0.342 e. The molecule has 4 aromatic rings. The Hall–Kier alpha value is -3.43. The minimum absolute atomic E-state index is 0.00883. The quantitative estimate of drug-likeness (QED) is 0.374. The van der Waals surface area contributed by atoms with E-state index in [-0.39, 0.29) is 23.5 Å². The van der Waals surface area contributed by atoms with Gasteiger partial charge in [-0.05, 0) is 61.2 Å². The van der Waals surface area contributed by atoms with E-state index < -0.39 is 11.6 Å². The highest BCUT2D eigenvalue weighted by Gasteiger charge is 2.33. The summed E-state index contributed by atoms with van der Waals surface area (Å²) in [4.78, 5) is 43.8. The van der Waals surface area contributed by atoms with E-state index in [1.807, 2.05) is 47.0 Å². The number of aromatic amines is 1. The van der Waals surface area contributed by atoms with Crippen LogP contribution in [0.1, 0.15) is 38.3 Å². The number of carbonyl (C=O) groups excluding carboxylic acids is 2. The van der Waals surface area contributed by atoms with Gasteiger partial charge in [-0.1, -0.05) is 30.3 Å². The van der Waals surface area contributed by atoms with Crippen LogP contribution in [0.3, 0.4) is 0 Å². The maximum Gasteiger partial charge on any atom is 0.326 e. The van der Waals surface area contributed by atoms with Gasteiger partial charge in [0.05, 0.1) is 16.6 Å². The lowest BCUT2D eigenvalue weighted by atomic mass is 9.99. The Morgan fingerprint density at radius 1 is 1.14 bits per heavy atom. The smallest absolute Gasteiger partial charge is 0.326 e. The van der Waals surface area contributed by atoms with Crippen molar-refractivity contribution in [3.05, 3.63) is 70.0 Å². The van der Waals surface area contributed by atoms with Gasteiger partial charge in [-0.2, -0.15) is 0 Å². The van der Waals surface area contributed by atoms with E-state index in [4.69, 9.17) is 5.73 Å². The number of piperidine rings is 1. The lowest BCUT2D eigenvalue weighted by molar-refractivity contribution is -0.138. The third-order valence-corrected chi connectivity index (χ3v) is 7.95. The van der Waals surface area contributed by atoms with Crippen LogP contribution in [0.15, 0.2) is 58.7 Å². The maximum atomic E-state index is 13.7. The van der Waals surface area contributed by atoms with Gasteiger partial charge in [0.25, 0.3) is 0 Å². The van der Waals surface area contributed by atoms with Crippen molar-refractivity contribution in [2.75, 3.05) is 13.1 Å². The van der Waals surface area contributed by atoms with E-state index >= 15 is 0 Å². The summed E-state index contributed by atoms with van der Waals surface area (Å²) >= 11 is 1.63. The molecule has 4 N–H and O–H groups in total. The molecule has 1 atom stereocenters. The monoisotopic (exact) mass is 505 g/mol. The standard InChI is InChI=1S/C27H31N5O3S/c1-27(2,28)25(34)29-21(15-17-16-36-23-10-6-3-7-19(17)23)24(33)31-13-11-18(12-14-31)32-22-9-5-4-8-20(22)30-26(32)35/h3-10,16,18,21H,11-15,28H2,1-2H3,(H,29,34)(H,30,35)/t21-/m1/s1. The molecular formula is C27H31N5O3S. The van der Waals surface area contributed by atoms with Gasteiger partial charge in [-0.25, -0.2) is 4.79 Å². The van der Waals surface area contributed by atoms with Crippen LogP contribution in [0.4, 0.5) is 0 Å². The number of thiophene rings is 1. The molecule has 1 saturated heterocycles. The first-order valence-corrected chi connectivity index (χ1v) is 13.1. The van der Waals surface area contributed by atoms with Gasteiger partial charge in [0.2, 0.25) is 11.8 Å². The number of H-pyrrole nitrogens is 1. The number of nitrogens with one attached hydrogen (secondary N) is 2. The lowest BCUT2D eigenvalue weighted by Crippen LogP contribution is -2.57. The molecule has 0 radical (unpaired) electrons. The summed E-state index contributed by atoms with van der Waals surface area (Å²) < 4.78 is 2.96. The number of likely N-dealkylation sites (tertiary alicyclic amines) is 1. The second kappa shape index (κ2) is 9.55. The fraction of sp³-hybridized carbons (Fsp3) is 0.370. The van der Waals surface area contributed by atoms with Crippen molar-refractivity contribution < 1.29 is 9.59 Å². The molecule has 0 bridgehead atoms. The minimum atomic E-state index is -1.10. The van der Waals surface area contributed by atoms with Crippen molar-refractivity contribution in [3.8, 4) is 0 Å². The van der Waals surface area contributed by atoms with Gasteiger partial charge >= 0.3 is 5.69 Å². The third kappa shape index (κ3) is 4.68. The first-order chi connectivity index (χ1) is 17.2. The van der Waals surface area contributed by atoms with Crippen molar-refractivity contribution in [1.29, 1.82) is 0 Å². The number of aromatic nitrogens is 2. The molecule has 0 saturated carbocycles. The average Bonchev–Trinajstić information content (AvgIpc) is 3.42. The number of amides is 2. The normalized spacial score (nSPS) is 15.9. The average molecular weight is 506 g/mol. The molecule has 1 aliphatic heterocycles. The number of nitrogens with two attached hydrogens (primary N) is 1.